The van der Waals surface area contributed by atoms with Crippen LogP contribution in [0.3, 0.4) is 0 Å². The van der Waals surface area contributed by atoms with Crippen molar-refractivity contribution in [3.8, 4) is 6.07 Å². The first-order chi connectivity index (χ1) is 6.42. The van der Waals surface area contributed by atoms with E-state index in [-0.39, 0.29) is 0 Å². The molecule has 0 aliphatic carbocycles. The van der Waals surface area contributed by atoms with E-state index in [2.05, 4.69) is 21.0 Å². The van der Waals surface area contributed by atoms with E-state index >= 15 is 0 Å². The van der Waals surface area contributed by atoms with Crippen LogP contribution in [0.1, 0.15) is 12.0 Å². The highest BCUT2D eigenvalue weighted by molar-refractivity contribution is 5.74. The number of nitriles is 1. The molecule has 0 unspecified atom stereocenters. The number of hydrogen-bond acceptors (Lipinski definition) is 3. The van der Waals surface area contributed by atoms with E-state index in [1.165, 1.54) is 0 Å². The summed E-state index contributed by atoms with van der Waals surface area (Å²) in [6.45, 7) is 0. The first kappa shape index (κ1) is 7.74. The summed E-state index contributed by atoms with van der Waals surface area (Å²) in [5.41, 5.74) is 2.72. The normalized spacial score (nSPS) is 10.1. The second-order valence-corrected chi connectivity index (χ2v) is 2.73. The molecule has 0 bridgehead atoms. The van der Waals surface area contributed by atoms with Crippen molar-refractivity contribution in [2.75, 3.05) is 0 Å². The molecule has 0 fully saturated rings. The fourth-order valence-corrected chi connectivity index (χ4v) is 1.28. The van der Waals surface area contributed by atoms with Gasteiger partial charge in [0, 0.05) is 25.0 Å². The van der Waals surface area contributed by atoms with Crippen LogP contribution >= 0.6 is 0 Å². The van der Waals surface area contributed by atoms with Crippen molar-refractivity contribution in [3.63, 3.8) is 0 Å². The minimum atomic E-state index is 0.517. The predicted octanol–water partition coefficient (Wildman–Crippen LogP) is 1.41. The summed E-state index contributed by atoms with van der Waals surface area (Å²) in [6, 6.07) is 2.11. The number of H-pyrrole nitrogens is 1. The van der Waals surface area contributed by atoms with Gasteiger partial charge < -0.3 is 4.98 Å². The zero-order valence-corrected chi connectivity index (χ0v) is 6.99. The van der Waals surface area contributed by atoms with Crippen molar-refractivity contribution in [1.29, 1.82) is 5.26 Å². The van der Waals surface area contributed by atoms with Crippen LogP contribution in [0, 0.1) is 11.3 Å². The number of aromatic nitrogens is 3. The second-order valence-electron chi connectivity index (χ2n) is 2.73. The predicted molar refractivity (Wildman–Crippen MR) is 47.8 cm³/mol. The molecule has 0 spiro atoms. The number of aromatic amines is 1. The molecule has 0 saturated heterocycles. The Bertz CT molecular complexity index is 452. The molecule has 0 radical (unpaired) electrons. The smallest absolute Gasteiger partial charge is 0.156 e. The molecule has 2 heterocycles. The molecular weight excluding hydrogens is 164 g/mol. The van der Waals surface area contributed by atoms with Crippen molar-refractivity contribution in [2.24, 2.45) is 0 Å². The molecule has 4 nitrogen and oxygen atoms in total. The minimum Gasteiger partial charge on any atom is -0.345 e. The highest BCUT2D eigenvalue weighted by atomic mass is 14.9. The third-order valence-electron chi connectivity index (χ3n) is 1.89. The largest absolute Gasteiger partial charge is 0.345 e. The molecule has 0 aromatic carbocycles. The van der Waals surface area contributed by atoms with E-state index in [0.29, 0.717) is 6.42 Å². The lowest BCUT2D eigenvalue weighted by molar-refractivity contribution is 1.02. The summed E-state index contributed by atoms with van der Waals surface area (Å²) in [6.07, 6.45) is 6.42. The van der Waals surface area contributed by atoms with E-state index < -0.39 is 0 Å². The van der Waals surface area contributed by atoms with Crippen molar-refractivity contribution in [1.82, 2.24) is 15.0 Å². The summed E-state index contributed by atoms with van der Waals surface area (Å²) < 4.78 is 0. The maximum atomic E-state index is 8.44. The van der Waals surface area contributed by atoms with Crippen LogP contribution in [0.25, 0.3) is 11.2 Å². The molecule has 13 heavy (non-hydrogen) atoms. The van der Waals surface area contributed by atoms with Gasteiger partial charge in [-0.3, -0.25) is 4.98 Å². The Hall–Kier alpha value is -1.89. The number of rotatable bonds is 2. The van der Waals surface area contributed by atoms with Gasteiger partial charge in [-0.05, 0) is 12.0 Å². The first-order valence-electron chi connectivity index (χ1n) is 4.06. The van der Waals surface area contributed by atoms with Crippen molar-refractivity contribution >= 4 is 11.2 Å². The van der Waals surface area contributed by atoms with Gasteiger partial charge in [0.25, 0.3) is 0 Å². The Kier molecular flexibility index (Phi) is 1.93. The van der Waals surface area contributed by atoms with Gasteiger partial charge in [0.2, 0.25) is 0 Å². The molecule has 2 aromatic rings. The summed E-state index contributed by atoms with van der Waals surface area (Å²) in [4.78, 5) is 11.3. The Balaban J connectivity index is 2.41. The molecule has 0 saturated carbocycles. The van der Waals surface area contributed by atoms with Gasteiger partial charge >= 0.3 is 0 Å². The molecule has 0 aliphatic heterocycles. The second kappa shape index (κ2) is 3.23. The van der Waals surface area contributed by atoms with Crippen LogP contribution in [0.4, 0.5) is 0 Å². The standard InChI is InChI=1S/C9H8N4/c10-3-1-2-7-6-13-9-8(7)11-4-5-12-9/h4-6H,1-2H2,(H,12,13). The number of nitrogens with zero attached hydrogens (tertiary/aromatic N) is 3. The maximum Gasteiger partial charge on any atom is 0.156 e. The average molecular weight is 172 g/mol. The Morgan fingerprint density at radius 1 is 1.38 bits per heavy atom. The van der Waals surface area contributed by atoms with E-state index in [1.54, 1.807) is 12.4 Å². The Morgan fingerprint density at radius 2 is 2.23 bits per heavy atom. The monoisotopic (exact) mass is 172 g/mol. The molecule has 0 atom stereocenters. The average Bonchev–Trinajstić information content (AvgIpc) is 2.58. The highest BCUT2D eigenvalue weighted by Gasteiger charge is 2.03. The Labute approximate surface area is 75.2 Å². The first-order valence-corrected chi connectivity index (χ1v) is 4.06. The number of hydrogen-bond donors (Lipinski definition) is 1. The number of aryl methyl sites for hydroxylation is 1. The van der Waals surface area contributed by atoms with E-state index in [9.17, 15) is 0 Å². The summed E-state index contributed by atoms with van der Waals surface area (Å²) >= 11 is 0. The fourth-order valence-electron chi connectivity index (χ4n) is 1.28. The molecule has 0 amide bonds. The van der Waals surface area contributed by atoms with Crippen LogP contribution in [-0.4, -0.2) is 15.0 Å². The van der Waals surface area contributed by atoms with E-state index in [0.717, 1.165) is 23.1 Å². The topological polar surface area (TPSA) is 65.4 Å². The van der Waals surface area contributed by atoms with Crippen molar-refractivity contribution in [2.45, 2.75) is 12.8 Å². The highest BCUT2D eigenvalue weighted by Crippen LogP contribution is 2.13. The molecule has 0 aliphatic rings. The SMILES string of the molecule is N#CCCc1c[nH]c2nccnc12. The van der Waals surface area contributed by atoms with E-state index in [4.69, 9.17) is 5.26 Å². The minimum absolute atomic E-state index is 0.517. The number of nitrogens with one attached hydrogen (secondary N) is 1. The van der Waals surface area contributed by atoms with Gasteiger partial charge in [0.05, 0.1) is 6.07 Å². The van der Waals surface area contributed by atoms with Crippen LogP contribution in [-0.2, 0) is 6.42 Å². The van der Waals surface area contributed by atoms with E-state index in [1.807, 2.05) is 6.20 Å². The van der Waals surface area contributed by atoms with Gasteiger partial charge in [-0.2, -0.15) is 5.26 Å². The lowest BCUT2D eigenvalue weighted by Gasteiger charge is -1.91. The zero-order valence-electron chi connectivity index (χ0n) is 6.99. The summed E-state index contributed by atoms with van der Waals surface area (Å²) in [5, 5.41) is 8.44. The molecular formula is C9H8N4. The molecule has 64 valence electrons. The summed E-state index contributed by atoms with van der Waals surface area (Å²) in [5.74, 6) is 0. The van der Waals surface area contributed by atoms with Crippen LogP contribution in [0.15, 0.2) is 18.6 Å². The number of fused-ring (bicyclic) bond motifs is 1. The molecule has 1 N–H and O–H groups in total. The van der Waals surface area contributed by atoms with Gasteiger partial charge in [0.15, 0.2) is 5.65 Å². The van der Waals surface area contributed by atoms with Crippen LogP contribution in [0.5, 0.6) is 0 Å². The van der Waals surface area contributed by atoms with Gasteiger partial charge in [-0.15, -0.1) is 0 Å². The van der Waals surface area contributed by atoms with Gasteiger partial charge in [-0.25, -0.2) is 4.98 Å². The lowest BCUT2D eigenvalue weighted by Crippen LogP contribution is -1.84. The maximum absolute atomic E-state index is 8.44. The van der Waals surface area contributed by atoms with Crippen molar-refractivity contribution < 1.29 is 0 Å². The lowest BCUT2D eigenvalue weighted by atomic mass is 10.2. The summed E-state index contributed by atoms with van der Waals surface area (Å²) in [7, 11) is 0. The Morgan fingerprint density at radius 3 is 3.08 bits per heavy atom. The van der Waals surface area contributed by atoms with Gasteiger partial charge in [0.1, 0.15) is 5.52 Å². The third-order valence-corrected chi connectivity index (χ3v) is 1.89. The fraction of sp³-hybridized carbons (Fsp3) is 0.222. The molecule has 2 rings (SSSR count). The molecule has 4 heteroatoms. The van der Waals surface area contributed by atoms with Crippen molar-refractivity contribution in [3.05, 3.63) is 24.2 Å². The third kappa shape index (κ3) is 1.36. The molecule has 2 aromatic heterocycles. The quantitative estimate of drug-likeness (QED) is 0.744. The van der Waals surface area contributed by atoms with Crippen LogP contribution in [0.2, 0.25) is 0 Å². The zero-order chi connectivity index (χ0) is 9.10. The van der Waals surface area contributed by atoms with Gasteiger partial charge in [-0.1, -0.05) is 0 Å². The van der Waals surface area contributed by atoms with Crippen LogP contribution < -0.4 is 0 Å².